The van der Waals surface area contributed by atoms with Crippen LogP contribution in [-0.4, -0.2) is 30.8 Å². The number of fused-ring (bicyclic) bond motifs is 3. The van der Waals surface area contributed by atoms with Crippen LogP contribution in [0.5, 0.6) is 0 Å². The Balaban J connectivity index is 0.00000182. The normalized spacial score (nSPS) is 25.0. The van der Waals surface area contributed by atoms with Crippen LogP contribution >= 0.6 is 24.0 Å². The molecular formula is C20H26IN3O. The number of guanidine groups is 1. The van der Waals surface area contributed by atoms with Crippen molar-refractivity contribution < 1.29 is 4.74 Å². The number of hydrogen-bond acceptors (Lipinski definition) is 2. The Bertz CT molecular complexity index is 749. The Hall–Kier alpha value is -1.34. The van der Waals surface area contributed by atoms with Crippen LogP contribution < -0.4 is 10.6 Å². The highest BCUT2D eigenvalue weighted by atomic mass is 127. The van der Waals surface area contributed by atoms with E-state index < -0.39 is 0 Å². The average Bonchev–Trinajstić information content (AvgIpc) is 3.23. The highest BCUT2D eigenvalue weighted by molar-refractivity contribution is 14.0. The lowest BCUT2D eigenvalue weighted by molar-refractivity contribution is 0.0992. The third kappa shape index (κ3) is 4.26. The second-order valence-electron chi connectivity index (χ2n) is 6.74. The number of nitrogens with zero attached hydrogens (tertiary/aromatic N) is 1. The molecule has 2 saturated heterocycles. The number of rotatable bonds is 4. The van der Waals surface area contributed by atoms with Crippen LogP contribution in [0.15, 0.2) is 47.5 Å². The third-order valence-electron chi connectivity index (χ3n) is 5.01. The third-order valence-corrected chi connectivity index (χ3v) is 5.01. The molecule has 2 heterocycles. The predicted molar refractivity (Wildman–Crippen MR) is 114 cm³/mol. The predicted octanol–water partition coefficient (Wildman–Crippen LogP) is 3.83. The minimum absolute atomic E-state index is 0. The van der Waals surface area contributed by atoms with E-state index in [2.05, 4.69) is 60.0 Å². The van der Waals surface area contributed by atoms with Crippen molar-refractivity contribution in [3.8, 4) is 0 Å². The van der Waals surface area contributed by atoms with E-state index >= 15 is 0 Å². The minimum atomic E-state index is 0. The van der Waals surface area contributed by atoms with Crippen LogP contribution in [0.25, 0.3) is 10.8 Å². The molecule has 2 aliphatic rings. The second kappa shape index (κ2) is 8.36. The lowest BCUT2D eigenvalue weighted by Gasteiger charge is -2.22. The maximum absolute atomic E-state index is 5.93. The molecule has 0 spiro atoms. The van der Waals surface area contributed by atoms with Gasteiger partial charge in [0, 0.05) is 6.54 Å². The molecule has 0 saturated carbocycles. The van der Waals surface area contributed by atoms with E-state index in [0.717, 1.165) is 18.9 Å². The van der Waals surface area contributed by atoms with E-state index in [4.69, 9.17) is 9.73 Å². The van der Waals surface area contributed by atoms with Gasteiger partial charge >= 0.3 is 0 Å². The monoisotopic (exact) mass is 451 g/mol. The van der Waals surface area contributed by atoms with E-state index in [-0.39, 0.29) is 24.0 Å². The van der Waals surface area contributed by atoms with Crippen molar-refractivity contribution in [1.82, 2.24) is 10.6 Å². The fourth-order valence-corrected chi connectivity index (χ4v) is 3.79. The summed E-state index contributed by atoms with van der Waals surface area (Å²) in [6.45, 7) is 3.65. The first-order valence-corrected chi connectivity index (χ1v) is 9.00. The molecule has 4 nitrogen and oxygen atoms in total. The van der Waals surface area contributed by atoms with Gasteiger partial charge in [0.2, 0.25) is 0 Å². The van der Waals surface area contributed by atoms with Gasteiger partial charge in [0.25, 0.3) is 0 Å². The number of hydrogen-bond donors (Lipinski definition) is 2. The van der Waals surface area contributed by atoms with E-state index in [1.165, 1.54) is 29.2 Å². The zero-order valence-electron chi connectivity index (χ0n) is 14.6. The quantitative estimate of drug-likeness (QED) is 0.422. The topological polar surface area (TPSA) is 45.7 Å². The fourth-order valence-electron chi connectivity index (χ4n) is 3.79. The first-order chi connectivity index (χ1) is 11.8. The fraction of sp³-hybridized carbons (Fsp3) is 0.450. The van der Waals surface area contributed by atoms with Gasteiger partial charge in [-0.05, 0) is 48.6 Å². The number of ether oxygens (including phenoxy) is 1. The lowest BCUT2D eigenvalue weighted by Crippen LogP contribution is -2.47. The van der Waals surface area contributed by atoms with Gasteiger partial charge in [-0.2, -0.15) is 0 Å². The van der Waals surface area contributed by atoms with Crippen molar-refractivity contribution in [2.45, 2.75) is 51.0 Å². The molecule has 2 aliphatic heterocycles. The smallest absolute Gasteiger partial charge is 0.191 e. The zero-order chi connectivity index (χ0) is 16.4. The van der Waals surface area contributed by atoms with E-state index in [1.807, 2.05) is 0 Å². The SMILES string of the molecule is CCNC(=NCc1ccc2ccccc2c1)NC1CC2CCC1O2.I. The maximum atomic E-state index is 5.93. The summed E-state index contributed by atoms with van der Waals surface area (Å²) in [6.07, 6.45) is 4.31. The Kier molecular flexibility index (Phi) is 6.17. The Morgan fingerprint density at radius 2 is 2.00 bits per heavy atom. The highest BCUT2D eigenvalue weighted by Gasteiger charge is 2.41. The molecule has 0 aliphatic carbocycles. The van der Waals surface area contributed by atoms with Gasteiger partial charge in [-0.3, -0.25) is 0 Å². The van der Waals surface area contributed by atoms with Crippen molar-refractivity contribution in [2.75, 3.05) is 6.54 Å². The van der Waals surface area contributed by atoms with E-state index in [1.54, 1.807) is 0 Å². The van der Waals surface area contributed by atoms with Crippen molar-refractivity contribution >= 4 is 40.7 Å². The van der Waals surface area contributed by atoms with Gasteiger partial charge < -0.3 is 15.4 Å². The van der Waals surface area contributed by atoms with Crippen LogP contribution in [0.4, 0.5) is 0 Å². The van der Waals surface area contributed by atoms with E-state index in [9.17, 15) is 0 Å². The second-order valence-corrected chi connectivity index (χ2v) is 6.74. The number of nitrogens with one attached hydrogen (secondary N) is 2. The van der Waals surface area contributed by atoms with Crippen LogP contribution in [0, 0.1) is 0 Å². The first-order valence-electron chi connectivity index (χ1n) is 9.00. The van der Waals surface area contributed by atoms with Crippen molar-refractivity contribution in [1.29, 1.82) is 0 Å². The number of halogens is 1. The average molecular weight is 451 g/mol. The van der Waals surface area contributed by atoms with Gasteiger partial charge in [-0.15, -0.1) is 24.0 Å². The molecule has 0 radical (unpaired) electrons. The molecule has 2 aromatic carbocycles. The van der Waals surface area contributed by atoms with Crippen molar-refractivity contribution in [3.05, 3.63) is 48.0 Å². The van der Waals surface area contributed by atoms with Crippen LogP contribution in [0.1, 0.15) is 31.7 Å². The summed E-state index contributed by atoms with van der Waals surface area (Å²) in [6, 6.07) is 15.4. The van der Waals surface area contributed by atoms with Gasteiger partial charge in [0.15, 0.2) is 5.96 Å². The highest BCUT2D eigenvalue weighted by Crippen LogP contribution is 2.34. The van der Waals surface area contributed by atoms with Gasteiger partial charge in [-0.25, -0.2) is 4.99 Å². The molecule has 2 bridgehead atoms. The van der Waals surface area contributed by atoms with Gasteiger partial charge in [-0.1, -0.05) is 36.4 Å². The largest absolute Gasteiger partial charge is 0.373 e. The van der Waals surface area contributed by atoms with Crippen LogP contribution in [0.2, 0.25) is 0 Å². The molecule has 2 N–H and O–H groups in total. The molecule has 4 rings (SSSR count). The van der Waals surface area contributed by atoms with Crippen molar-refractivity contribution in [3.63, 3.8) is 0 Å². The molecule has 3 atom stereocenters. The summed E-state index contributed by atoms with van der Waals surface area (Å²) in [7, 11) is 0. The van der Waals surface area contributed by atoms with Gasteiger partial charge in [0.1, 0.15) is 0 Å². The number of aliphatic imine (C=N–C) groups is 1. The maximum Gasteiger partial charge on any atom is 0.191 e. The lowest BCUT2D eigenvalue weighted by atomic mass is 9.96. The molecule has 0 amide bonds. The van der Waals surface area contributed by atoms with Crippen molar-refractivity contribution in [2.24, 2.45) is 4.99 Å². The summed E-state index contributed by atoms with van der Waals surface area (Å²) < 4.78 is 5.93. The van der Waals surface area contributed by atoms with Gasteiger partial charge in [0.05, 0.1) is 24.8 Å². The molecular weight excluding hydrogens is 425 g/mol. The Morgan fingerprint density at radius 1 is 1.16 bits per heavy atom. The van der Waals surface area contributed by atoms with Crippen LogP contribution in [0.3, 0.4) is 0 Å². The molecule has 2 fully saturated rings. The van der Waals surface area contributed by atoms with E-state index in [0.29, 0.717) is 24.8 Å². The molecule has 2 aromatic rings. The minimum Gasteiger partial charge on any atom is -0.373 e. The standard InChI is InChI=1S/C20H25N3O.HI/c1-2-21-20(23-18-12-17-9-10-19(18)24-17)22-13-14-7-8-15-5-3-4-6-16(15)11-14;/h3-8,11,17-19H,2,9-10,12-13H2,1H3,(H2,21,22,23);1H. The van der Waals surface area contributed by atoms with Crippen LogP contribution in [-0.2, 0) is 11.3 Å². The molecule has 3 unspecified atom stereocenters. The first kappa shape index (κ1) is 18.5. The zero-order valence-corrected chi connectivity index (χ0v) is 16.9. The number of benzene rings is 2. The molecule has 25 heavy (non-hydrogen) atoms. The summed E-state index contributed by atoms with van der Waals surface area (Å²) >= 11 is 0. The summed E-state index contributed by atoms with van der Waals surface area (Å²) in [4.78, 5) is 4.78. The summed E-state index contributed by atoms with van der Waals surface area (Å²) in [5, 5.41) is 9.47. The summed E-state index contributed by atoms with van der Waals surface area (Å²) in [5.41, 5.74) is 1.23. The molecule has 5 heteroatoms. The molecule has 0 aromatic heterocycles. The Labute approximate surface area is 166 Å². The summed E-state index contributed by atoms with van der Waals surface area (Å²) in [5.74, 6) is 0.895. The Morgan fingerprint density at radius 3 is 2.72 bits per heavy atom. The molecule has 134 valence electrons.